The summed E-state index contributed by atoms with van der Waals surface area (Å²) in [5, 5.41) is 9.48. The maximum atomic E-state index is 11.6. The van der Waals surface area contributed by atoms with E-state index in [1.54, 1.807) is 14.0 Å². The summed E-state index contributed by atoms with van der Waals surface area (Å²) in [6.45, 7) is 7.99. The van der Waals surface area contributed by atoms with E-state index in [1.807, 2.05) is 11.8 Å². The van der Waals surface area contributed by atoms with Crippen LogP contribution >= 0.6 is 11.8 Å². The molecule has 0 spiro atoms. The number of aliphatic imine (C=N–C) groups is 1. The molecular formula is C16H34N4O2S. The van der Waals surface area contributed by atoms with Crippen molar-refractivity contribution in [1.29, 1.82) is 0 Å². The first-order chi connectivity index (χ1) is 11.0. The molecular weight excluding hydrogens is 312 g/mol. The summed E-state index contributed by atoms with van der Waals surface area (Å²) in [5.74, 6) is 2.45. The van der Waals surface area contributed by atoms with Crippen LogP contribution in [0.15, 0.2) is 4.99 Å². The van der Waals surface area contributed by atoms with Gasteiger partial charge in [-0.25, -0.2) is 4.79 Å². The van der Waals surface area contributed by atoms with Gasteiger partial charge in [0, 0.05) is 26.2 Å². The van der Waals surface area contributed by atoms with E-state index in [9.17, 15) is 4.79 Å². The minimum Gasteiger partial charge on any atom is -0.450 e. The Hall–Kier alpha value is -1.11. The molecule has 6 nitrogen and oxygen atoms in total. The second-order valence-corrected chi connectivity index (χ2v) is 6.76. The van der Waals surface area contributed by atoms with Crippen LogP contribution in [0.3, 0.4) is 0 Å². The number of hydrogen-bond acceptors (Lipinski definition) is 4. The van der Waals surface area contributed by atoms with Crippen LogP contribution in [0.1, 0.15) is 40.0 Å². The zero-order valence-electron chi connectivity index (χ0n) is 15.3. The first kappa shape index (κ1) is 21.9. The molecule has 0 heterocycles. The van der Waals surface area contributed by atoms with Crippen LogP contribution in [0.2, 0.25) is 0 Å². The van der Waals surface area contributed by atoms with E-state index >= 15 is 0 Å². The number of unbranched alkanes of at least 4 members (excludes halogenated alkanes) is 1. The summed E-state index contributed by atoms with van der Waals surface area (Å²) in [6.07, 6.45) is 4.97. The van der Waals surface area contributed by atoms with Gasteiger partial charge in [-0.1, -0.05) is 13.8 Å². The van der Waals surface area contributed by atoms with Gasteiger partial charge in [0.25, 0.3) is 0 Å². The topological polar surface area (TPSA) is 74.8 Å². The predicted molar refractivity (Wildman–Crippen MR) is 100 cm³/mol. The summed E-state index contributed by atoms with van der Waals surface area (Å²) in [7, 11) is 1.76. The van der Waals surface area contributed by atoms with Crippen LogP contribution in [0, 0.1) is 5.92 Å². The number of guanidine groups is 1. The van der Waals surface area contributed by atoms with Crippen molar-refractivity contribution in [3.05, 3.63) is 0 Å². The largest absolute Gasteiger partial charge is 0.450 e. The molecule has 1 amide bonds. The standard InChI is InChI=1S/C16H34N4O2S/c1-6-22-16(21)20-14(11-13(2)3)12-19-15(17-4)18-9-7-8-10-23-5/h13-14H,6-12H2,1-5H3,(H,20,21)(H2,17,18,19). The van der Waals surface area contributed by atoms with E-state index < -0.39 is 0 Å². The second-order valence-electron chi connectivity index (χ2n) is 5.77. The maximum absolute atomic E-state index is 11.6. The molecule has 136 valence electrons. The number of carbonyl (C=O) groups excluding carboxylic acids is 1. The number of thioether (sulfide) groups is 1. The lowest BCUT2D eigenvalue weighted by Gasteiger charge is -2.22. The third-order valence-electron chi connectivity index (χ3n) is 3.16. The fourth-order valence-corrected chi connectivity index (χ4v) is 2.61. The Morgan fingerprint density at radius 3 is 2.57 bits per heavy atom. The minimum atomic E-state index is -0.361. The predicted octanol–water partition coefficient (Wildman–Crippen LogP) is 2.46. The molecule has 3 N–H and O–H groups in total. The first-order valence-electron chi connectivity index (χ1n) is 8.40. The summed E-state index contributed by atoms with van der Waals surface area (Å²) in [6, 6.07) is 0.0177. The van der Waals surface area contributed by atoms with E-state index in [4.69, 9.17) is 4.74 Å². The molecule has 0 bridgehead atoms. The van der Waals surface area contributed by atoms with Crippen LogP contribution in [-0.4, -0.2) is 56.8 Å². The van der Waals surface area contributed by atoms with Gasteiger partial charge in [0.2, 0.25) is 0 Å². The SMILES string of the molecule is CCOC(=O)NC(CNC(=NC)NCCCCSC)CC(C)C. The number of ether oxygens (including phenoxy) is 1. The Morgan fingerprint density at radius 2 is 2.00 bits per heavy atom. The van der Waals surface area contributed by atoms with Gasteiger partial charge < -0.3 is 20.7 Å². The summed E-state index contributed by atoms with van der Waals surface area (Å²) in [5.41, 5.74) is 0. The normalized spacial score (nSPS) is 12.9. The van der Waals surface area contributed by atoms with E-state index in [2.05, 4.69) is 41.0 Å². The van der Waals surface area contributed by atoms with Crippen LogP contribution in [0.5, 0.6) is 0 Å². The van der Waals surface area contributed by atoms with Gasteiger partial charge in [-0.3, -0.25) is 4.99 Å². The zero-order valence-corrected chi connectivity index (χ0v) is 16.1. The molecule has 1 unspecified atom stereocenters. The van der Waals surface area contributed by atoms with Crippen molar-refractivity contribution < 1.29 is 9.53 Å². The molecule has 7 heteroatoms. The smallest absolute Gasteiger partial charge is 0.407 e. The molecule has 0 radical (unpaired) electrons. The van der Waals surface area contributed by atoms with Crippen LogP contribution in [0.4, 0.5) is 4.79 Å². The fourth-order valence-electron chi connectivity index (χ4n) is 2.12. The Balaban J connectivity index is 4.20. The second kappa shape index (κ2) is 14.5. The van der Waals surface area contributed by atoms with Gasteiger partial charge in [-0.2, -0.15) is 11.8 Å². The third kappa shape index (κ3) is 13.1. The highest BCUT2D eigenvalue weighted by Crippen LogP contribution is 2.04. The number of nitrogens with one attached hydrogen (secondary N) is 3. The number of hydrogen-bond donors (Lipinski definition) is 3. The molecule has 0 aromatic rings. The van der Waals surface area contributed by atoms with E-state index in [0.717, 1.165) is 25.3 Å². The highest BCUT2D eigenvalue weighted by molar-refractivity contribution is 7.98. The van der Waals surface area contributed by atoms with Gasteiger partial charge in [0.15, 0.2) is 5.96 Å². The van der Waals surface area contributed by atoms with E-state index in [-0.39, 0.29) is 12.1 Å². The molecule has 0 saturated carbocycles. The van der Waals surface area contributed by atoms with Crippen molar-refractivity contribution in [2.24, 2.45) is 10.9 Å². The monoisotopic (exact) mass is 346 g/mol. The molecule has 0 saturated heterocycles. The van der Waals surface area contributed by atoms with E-state index in [0.29, 0.717) is 19.1 Å². The zero-order chi connectivity index (χ0) is 17.5. The average Bonchev–Trinajstić information content (AvgIpc) is 2.49. The van der Waals surface area contributed by atoms with Crippen molar-refractivity contribution in [2.75, 3.05) is 38.8 Å². The molecule has 1 atom stereocenters. The molecule has 23 heavy (non-hydrogen) atoms. The maximum Gasteiger partial charge on any atom is 0.407 e. The average molecular weight is 347 g/mol. The molecule has 0 aromatic heterocycles. The first-order valence-corrected chi connectivity index (χ1v) is 9.79. The molecule has 0 aliphatic heterocycles. The van der Waals surface area contributed by atoms with Crippen LogP contribution in [0.25, 0.3) is 0 Å². The minimum absolute atomic E-state index is 0.0177. The quantitative estimate of drug-likeness (QED) is 0.304. The van der Waals surface area contributed by atoms with E-state index in [1.165, 1.54) is 12.2 Å². The van der Waals surface area contributed by atoms with Gasteiger partial charge in [-0.05, 0) is 44.1 Å². The lowest BCUT2D eigenvalue weighted by Crippen LogP contribution is -2.47. The van der Waals surface area contributed by atoms with Crippen LogP contribution in [-0.2, 0) is 4.74 Å². The highest BCUT2D eigenvalue weighted by Gasteiger charge is 2.15. The Morgan fingerprint density at radius 1 is 1.26 bits per heavy atom. The van der Waals surface area contributed by atoms with Crippen molar-refractivity contribution >= 4 is 23.8 Å². The van der Waals surface area contributed by atoms with Crippen molar-refractivity contribution in [3.8, 4) is 0 Å². The number of nitrogens with zero attached hydrogens (tertiary/aromatic N) is 1. The number of alkyl carbamates (subject to hydrolysis) is 1. The summed E-state index contributed by atoms with van der Waals surface area (Å²) >= 11 is 1.87. The van der Waals surface area contributed by atoms with Gasteiger partial charge >= 0.3 is 6.09 Å². The summed E-state index contributed by atoms with van der Waals surface area (Å²) < 4.78 is 4.96. The van der Waals surface area contributed by atoms with Gasteiger partial charge in [0.1, 0.15) is 0 Å². The highest BCUT2D eigenvalue weighted by atomic mass is 32.2. The lowest BCUT2D eigenvalue weighted by molar-refractivity contribution is 0.146. The molecule has 0 aromatic carbocycles. The molecule has 0 aliphatic carbocycles. The van der Waals surface area contributed by atoms with Crippen molar-refractivity contribution in [1.82, 2.24) is 16.0 Å². The third-order valence-corrected chi connectivity index (χ3v) is 3.86. The molecule has 0 aliphatic rings. The summed E-state index contributed by atoms with van der Waals surface area (Å²) in [4.78, 5) is 15.8. The number of amides is 1. The fraction of sp³-hybridized carbons (Fsp3) is 0.875. The number of carbonyl (C=O) groups is 1. The van der Waals surface area contributed by atoms with Gasteiger partial charge in [-0.15, -0.1) is 0 Å². The van der Waals surface area contributed by atoms with Crippen molar-refractivity contribution in [2.45, 2.75) is 46.1 Å². The Bertz CT molecular complexity index is 338. The molecule has 0 fully saturated rings. The molecule has 0 rings (SSSR count). The Labute approximate surface area is 145 Å². The number of rotatable bonds is 11. The lowest BCUT2D eigenvalue weighted by atomic mass is 10.0. The van der Waals surface area contributed by atoms with Crippen LogP contribution < -0.4 is 16.0 Å². The Kier molecular flexibility index (Phi) is 13.8. The van der Waals surface area contributed by atoms with Crippen molar-refractivity contribution in [3.63, 3.8) is 0 Å². The van der Waals surface area contributed by atoms with Gasteiger partial charge in [0.05, 0.1) is 6.61 Å².